The zero-order chi connectivity index (χ0) is 17.3. The molecule has 0 radical (unpaired) electrons. The number of aromatic nitrogens is 2. The summed E-state index contributed by atoms with van der Waals surface area (Å²) in [4.78, 5) is 27.2. The van der Waals surface area contributed by atoms with E-state index in [1.54, 1.807) is 6.07 Å². The smallest absolute Gasteiger partial charge is 0.387 e. The lowest BCUT2D eigenvalue weighted by Crippen LogP contribution is -2.35. The fourth-order valence-electron chi connectivity index (χ4n) is 2.39. The molecule has 1 N–H and O–H groups in total. The molecule has 24 heavy (non-hydrogen) atoms. The number of fused-ring (bicyclic) bond motifs is 1. The van der Waals surface area contributed by atoms with Gasteiger partial charge in [0.05, 0.1) is 17.4 Å². The van der Waals surface area contributed by atoms with Crippen LogP contribution < -0.4 is 16.0 Å². The first-order chi connectivity index (χ1) is 11.5. The number of hydrogen-bond acceptors (Lipinski definition) is 3. The van der Waals surface area contributed by atoms with Gasteiger partial charge in [-0.2, -0.15) is 8.78 Å². The number of aromatic amines is 1. The molecule has 0 aliphatic heterocycles. The van der Waals surface area contributed by atoms with Crippen LogP contribution in [0, 0.1) is 0 Å². The highest BCUT2D eigenvalue weighted by Gasteiger charge is 2.13. The van der Waals surface area contributed by atoms with E-state index in [-0.39, 0.29) is 17.7 Å². The van der Waals surface area contributed by atoms with Gasteiger partial charge in [-0.1, -0.05) is 29.8 Å². The highest BCUT2D eigenvalue weighted by molar-refractivity contribution is 6.31. The van der Waals surface area contributed by atoms with Crippen LogP contribution in [0.5, 0.6) is 5.75 Å². The maximum atomic E-state index is 12.5. The Labute approximate surface area is 139 Å². The second-order valence-corrected chi connectivity index (χ2v) is 5.43. The summed E-state index contributed by atoms with van der Waals surface area (Å²) in [6.07, 6.45) is 0. The Morgan fingerprint density at radius 1 is 1.17 bits per heavy atom. The van der Waals surface area contributed by atoms with Crippen molar-refractivity contribution in [1.82, 2.24) is 9.55 Å². The molecule has 5 nitrogen and oxygen atoms in total. The minimum atomic E-state index is -3.00. The van der Waals surface area contributed by atoms with E-state index in [0.717, 1.165) is 4.57 Å². The summed E-state index contributed by atoms with van der Waals surface area (Å²) < 4.78 is 30.3. The summed E-state index contributed by atoms with van der Waals surface area (Å²) >= 11 is 5.84. The minimum absolute atomic E-state index is 0.0880. The van der Waals surface area contributed by atoms with Crippen LogP contribution in [0.25, 0.3) is 10.9 Å². The Kier molecular flexibility index (Phi) is 4.35. The van der Waals surface area contributed by atoms with Crippen LogP contribution in [0.1, 0.15) is 5.56 Å². The number of para-hydroxylation sites is 1. The molecule has 3 aromatic rings. The minimum Gasteiger partial charge on any atom is -0.434 e. The average Bonchev–Trinajstić information content (AvgIpc) is 2.52. The fourth-order valence-corrected chi connectivity index (χ4v) is 2.56. The number of benzene rings is 2. The molecule has 0 aliphatic carbocycles. The van der Waals surface area contributed by atoms with Gasteiger partial charge >= 0.3 is 12.3 Å². The number of hydrogen-bond donors (Lipinski definition) is 1. The highest BCUT2D eigenvalue weighted by Crippen LogP contribution is 2.21. The number of H-pyrrole nitrogens is 1. The normalized spacial score (nSPS) is 11.2. The Bertz CT molecular complexity index is 1010. The standard InChI is InChI=1S/C16H11ClF2N2O3/c17-10-5-6-11-12(7-10)20-16(23)21(14(11)22)8-9-3-1-2-4-13(9)24-15(18)19/h1-7,15H,8H2,(H,20,23). The molecule has 0 fully saturated rings. The van der Waals surface area contributed by atoms with Gasteiger partial charge in [0.2, 0.25) is 0 Å². The van der Waals surface area contributed by atoms with Crippen molar-refractivity contribution in [3.05, 3.63) is 73.9 Å². The van der Waals surface area contributed by atoms with E-state index in [4.69, 9.17) is 11.6 Å². The van der Waals surface area contributed by atoms with Crippen molar-refractivity contribution in [2.75, 3.05) is 0 Å². The van der Waals surface area contributed by atoms with Gasteiger partial charge in [-0.05, 0) is 24.3 Å². The first-order valence-corrected chi connectivity index (χ1v) is 7.28. The molecule has 0 atom stereocenters. The lowest BCUT2D eigenvalue weighted by molar-refractivity contribution is -0.0505. The number of alkyl halides is 2. The van der Waals surface area contributed by atoms with Gasteiger partial charge in [0.25, 0.3) is 5.56 Å². The second kappa shape index (κ2) is 6.45. The number of rotatable bonds is 4. The van der Waals surface area contributed by atoms with Crippen molar-refractivity contribution in [2.24, 2.45) is 0 Å². The topological polar surface area (TPSA) is 64.1 Å². The van der Waals surface area contributed by atoms with Crippen molar-refractivity contribution in [1.29, 1.82) is 0 Å². The number of halogens is 3. The summed E-state index contributed by atoms with van der Waals surface area (Å²) in [5.74, 6) is -0.0880. The molecular formula is C16H11ClF2N2O3. The van der Waals surface area contributed by atoms with Crippen molar-refractivity contribution in [2.45, 2.75) is 13.2 Å². The van der Waals surface area contributed by atoms with E-state index in [1.165, 1.54) is 36.4 Å². The predicted octanol–water partition coefficient (Wildman–Crippen LogP) is 2.99. The molecular weight excluding hydrogens is 342 g/mol. The molecule has 0 spiro atoms. The third-order valence-corrected chi connectivity index (χ3v) is 3.70. The molecule has 8 heteroatoms. The van der Waals surface area contributed by atoms with E-state index < -0.39 is 17.9 Å². The molecule has 3 rings (SSSR count). The summed E-state index contributed by atoms with van der Waals surface area (Å²) in [5.41, 5.74) is -0.608. The van der Waals surface area contributed by atoms with Crippen LogP contribution >= 0.6 is 11.6 Å². The highest BCUT2D eigenvalue weighted by atomic mass is 35.5. The third-order valence-electron chi connectivity index (χ3n) is 3.46. The number of nitrogens with one attached hydrogen (secondary N) is 1. The summed E-state index contributed by atoms with van der Waals surface area (Å²) in [6, 6.07) is 10.5. The zero-order valence-electron chi connectivity index (χ0n) is 12.1. The SMILES string of the molecule is O=c1[nH]c2cc(Cl)ccc2c(=O)n1Cc1ccccc1OC(F)F. The van der Waals surface area contributed by atoms with Gasteiger partial charge in [-0.15, -0.1) is 0 Å². The molecule has 124 valence electrons. The van der Waals surface area contributed by atoms with Crippen LogP contribution in [0.3, 0.4) is 0 Å². The molecule has 2 aromatic carbocycles. The van der Waals surface area contributed by atoms with E-state index in [2.05, 4.69) is 9.72 Å². The maximum Gasteiger partial charge on any atom is 0.387 e. The van der Waals surface area contributed by atoms with Crippen molar-refractivity contribution < 1.29 is 13.5 Å². The first-order valence-electron chi connectivity index (χ1n) is 6.91. The molecule has 0 saturated heterocycles. The van der Waals surface area contributed by atoms with Gasteiger partial charge in [-0.3, -0.25) is 9.36 Å². The number of nitrogens with zero attached hydrogens (tertiary/aromatic N) is 1. The summed E-state index contributed by atoms with van der Waals surface area (Å²) in [7, 11) is 0. The van der Waals surface area contributed by atoms with Crippen LogP contribution in [-0.2, 0) is 6.54 Å². The molecule has 1 aromatic heterocycles. The van der Waals surface area contributed by atoms with Crippen LogP contribution in [0.2, 0.25) is 5.02 Å². The predicted molar refractivity (Wildman–Crippen MR) is 86.0 cm³/mol. The van der Waals surface area contributed by atoms with Gasteiger partial charge in [0.1, 0.15) is 5.75 Å². The fraction of sp³-hybridized carbons (Fsp3) is 0.125. The van der Waals surface area contributed by atoms with E-state index in [9.17, 15) is 18.4 Å². The first kappa shape index (κ1) is 16.2. The molecule has 1 heterocycles. The Morgan fingerprint density at radius 2 is 1.92 bits per heavy atom. The maximum absolute atomic E-state index is 12.5. The van der Waals surface area contributed by atoms with Crippen molar-refractivity contribution >= 4 is 22.5 Å². The van der Waals surface area contributed by atoms with E-state index >= 15 is 0 Å². The second-order valence-electron chi connectivity index (χ2n) is 5.00. The van der Waals surface area contributed by atoms with Crippen molar-refractivity contribution in [3.8, 4) is 5.75 Å². The summed E-state index contributed by atoms with van der Waals surface area (Å²) in [6.45, 7) is -3.20. The molecule has 0 unspecified atom stereocenters. The Balaban J connectivity index is 2.10. The van der Waals surface area contributed by atoms with Crippen LogP contribution in [-0.4, -0.2) is 16.2 Å². The van der Waals surface area contributed by atoms with Crippen molar-refractivity contribution in [3.63, 3.8) is 0 Å². The van der Waals surface area contributed by atoms with E-state index in [1.807, 2.05) is 0 Å². The van der Waals surface area contributed by atoms with Gasteiger partial charge in [-0.25, -0.2) is 4.79 Å². The lowest BCUT2D eigenvalue weighted by Gasteiger charge is -2.12. The zero-order valence-corrected chi connectivity index (χ0v) is 12.9. The monoisotopic (exact) mass is 352 g/mol. The Hall–Kier alpha value is -2.67. The van der Waals surface area contributed by atoms with Gasteiger partial charge in [0.15, 0.2) is 0 Å². The quantitative estimate of drug-likeness (QED) is 0.785. The molecule has 0 bridgehead atoms. The molecule has 0 aliphatic rings. The Morgan fingerprint density at radius 3 is 2.67 bits per heavy atom. The van der Waals surface area contributed by atoms with E-state index in [0.29, 0.717) is 16.1 Å². The van der Waals surface area contributed by atoms with Gasteiger partial charge < -0.3 is 9.72 Å². The third kappa shape index (κ3) is 3.16. The molecule has 0 amide bonds. The lowest BCUT2D eigenvalue weighted by atomic mass is 10.2. The summed E-state index contributed by atoms with van der Waals surface area (Å²) in [5, 5.41) is 0.650. The average molecular weight is 353 g/mol. The molecule has 0 saturated carbocycles. The van der Waals surface area contributed by atoms with Gasteiger partial charge in [0, 0.05) is 10.6 Å². The van der Waals surface area contributed by atoms with Crippen LogP contribution in [0.4, 0.5) is 8.78 Å². The largest absolute Gasteiger partial charge is 0.434 e. The number of ether oxygens (including phenoxy) is 1. The van der Waals surface area contributed by atoms with Crippen LogP contribution in [0.15, 0.2) is 52.1 Å².